The Bertz CT molecular complexity index is 839. The fourth-order valence-corrected chi connectivity index (χ4v) is 3.27. The highest BCUT2D eigenvalue weighted by Gasteiger charge is 2.20. The van der Waals surface area contributed by atoms with Crippen molar-refractivity contribution in [3.63, 3.8) is 0 Å². The van der Waals surface area contributed by atoms with E-state index in [2.05, 4.69) is 22.1 Å². The molecular formula is C19H23N3O2. The number of unbranched alkanes of at least 4 members (excludes halogenated alkanes) is 1. The van der Waals surface area contributed by atoms with Gasteiger partial charge in [0, 0.05) is 25.1 Å². The maximum absolute atomic E-state index is 13.1. The lowest BCUT2D eigenvalue weighted by molar-refractivity contribution is 0.290. The summed E-state index contributed by atoms with van der Waals surface area (Å²) in [5.74, 6) is 6.88. The summed E-state index contributed by atoms with van der Waals surface area (Å²) >= 11 is 0. The Balaban J connectivity index is 2.10. The van der Waals surface area contributed by atoms with Crippen molar-refractivity contribution in [2.24, 2.45) is 0 Å². The van der Waals surface area contributed by atoms with Crippen LogP contribution >= 0.6 is 0 Å². The van der Waals surface area contributed by atoms with Crippen molar-refractivity contribution in [3.05, 3.63) is 39.9 Å². The van der Waals surface area contributed by atoms with Gasteiger partial charge in [0.2, 0.25) is 0 Å². The van der Waals surface area contributed by atoms with E-state index in [-0.39, 0.29) is 18.2 Å². The van der Waals surface area contributed by atoms with Gasteiger partial charge in [0.1, 0.15) is 5.82 Å². The van der Waals surface area contributed by atoms with Crippen molar-refractivity contribution in [1.82, 2.24) is 14.9 Å². The van der Waals surface area contributed by atoms with E-state index >= 15 is 0 Å². The molecule has 2 N–H and O–H groups in total. The second-order valence-electron chi connectivity index (χ2n) is 6.16. The summed E-state index contributed by atoms with van der Waals surface area (Å²) in [4.78, 5) is 17.8. The van der Waals surface area contributed by atoms with Crippen LogP contribution in [0.2, 0.25) is 0 Å². The van der Waals surface area contributed by atoms with Crippen LogP contribution in [0.25, 0.3) is 10.9 Å². The number of piperidine rings is 1. The van der Waals surface area contributed by atoms with E-state index in [1.54, 1.807) is 0 Å². The van der Waals surface area contributed by atoms with Gasteiger partial charge in [-0.3, -0.25) is 9.36 Å². The molecule has 0 radical (unpaired) electrons. The number of benzene rings is 1. The Kier molecular flexibility index (Phi) is 5.29. The summed E-state index contributed by atoms with van der Waals surface area (Å²) in [5.41, 5.74) is 1.42. The summed E-state index contributed by atoms with van der Waals surface area (Å²) in [6, 6.07) is 5.78. The molecule has 1 aromatic carbocycles. The first-order valence-corrected chi connectivity index (χ1v) is 8.54. The average Bonchev–Trinajstić information content (AvgIpc) is 2.59. The number of rotatable bonds is 3. The van der Waals surface area contributed by atoms with Gasteiger partial charge in [0.05, 0.1) is 16.9 Å². The molecule has 126 valence electrons. The number of fused-ring (bicyclic) bond motifs is 1. The Morgan fingerprint density at radius 3 is 3.08 bits per heavy atom. The van der Waals surface area contributed by atoms with Crippen molar-refractivity contribution in [2.75, 3.05) is 19.7 Å². The highest BCUT2D eigenvalue weighted by atomic mass is 16.2. The van der Waals surface area contributed by atoms with Gasteiger partial charge < -0.3 is 10.4 Å². The predicted molar refractivity (Wildman–Crippen MR) is 95.1 cm³/mol. The van der Waals surface area contributed by atoms with E-state index in [4.69, 9.17) is 5.11 Å². The molecular weight excluding hydrogens is 302 g/mol. The van der Waals surface area contributed by atoms with Gasteiger partial charge in [0.25, 0.3) is 5.56 Å². The first-order chi connectivity index (χ1) is 11.7. The predicted octanol–water partition coefficient (Wildman–Crippen LogP) is 1.75. The number of aliphatic hydroxyl groups excluding tert-OH is 1. The van der Waals surface area contributed by atoms with Crippen LogP contribution in [0.15, 0.2) is 23.0 Å². The number of nitrogens with zero attached hydrogens (tertiary/aromatic N) is 2. The average molecular weight is 325 g/mol. The van der Waals surface area contributed by atoms with Crippen molar-refractivity contribution in [1.29, 1.82) is 0 Å². The van der Waals surface area contributed by atoms with Crippen molar-refractivity contribution in [3.8, 4) is 11.8 Å². The normalized spacial score (nSPS) is 17.5. The lowest BCUT2D eigenvalue weighted by Gasteiger charge is -2.26. The van der Waals surface area contributed by atoms with Crippen LogP contribution in [-0.4, -0.2) is 34.4 Å². The summed E-state index contributed by atoms with van der Waals surface area (Å²) in [7, 11) is 0. The van der Waals surface area contributed by atoms with E-state index in [0.29, 0.717) is 23.7 Å². The van der Waals surface area contributed by atoms with Crippen molar-refractivity contribution < 1.29 is 5.11 Å². The zero-order chi connectivity index (χ0) is 16.9. The van der Waals surface area contributed by atoms with Gasteiger partial charge in [-0.1, -0.05) is 17.9 Å². The third-order valence-electron chi connectivity index (χ3n) is 4.42. The smallest absolute Gasteiger partial charge is 0.262 e. The molecule has 1 aliphatic heterocycles. The number of hydrogen-bond donors (Lipinski definition) is 2. The molecule has 5 heteroatoms. The Hall–Kier alpha value is -2.16. The fraction of sp³-hybridized carbons (Fsp3) is 0.474. The number of aryl methyl sites for hydroxylation is 1. The van der Waals surface area contributed by atoms with E-state index in [1.165, 1.54) is 0 Å². The molecule has 0 amide bonds. The molecule has 0 spiro atoms. The molecule has 1 unspecified atom stereocenters. The summed E-state index contributed by atoms with van der Waals surface area (Å²) in [5, 5.41) is 12.8. The summed E-state index contributed by atoms with van der Waals surface area (Å²) in [6.07, 6.45) is 3.32. The van der Waals surface area contributed by atoms with E-state index in [9.17, 15) is 4.79 Å². The molecule has 1 fully saturated rings. The van der Waals surface area contributed by atoms with Crippen LogP contribution in [-0.2, 0) is 0 Å². The number of aromatic nitrogens is 2. The topological polar surface area (TPSA) is 67.2 Å². The summed E-state index contributed by atoms with van der Waals surface area (Å²) < 4.78 is 1.83. The SMILES string of the molecule is Cc1nc2cccc(C#CCCCO)c2c(=O)n1C1CCCNC1. The minimum Gasteiger partial charge on any atom is -0.396 e. The van der Waals surface area contributed by atoms with E-state index < -0.39 is 0 Å². The Morgan fingerprint density at radius 2 is 2.33 bits per heavy atom. The molecule has 1 aliphatic rings. The van der Waals surface area contributed by atoms with Crippen molar-refractivity contribution >= 4 is 10.9 Å². The number of hydrogen-bond acceptors (Lipinski definition) is 4. The molecule has 0 bridgehead atoms. The van der Waals surface area contributed by atoms with Crippen LogP contribution in [0.5, 0.6) is 0 Å². The fourth-order valence-electron chi connectivity index (χ4n) is 3.27. The monoisotopic (exact) mass is 325 g/mol. The second kappa shape index (κ2) is 7.61. The molecule has 1 saturated heterocycles. The highest BCUT2D eigenvalue weighted by Crippen LogP contribution is 2.19. The maximum Gasteiger partial charge on any atom is 0.262 e. The molecule has 24 heavy (non-hydrogen) atoms. The zero-order valence-corrected chi connectivity index (χ0v) is 14.0. The molecule has 0 aliphatic carbocycles. The standard InChI is InChI=1S/C19H23N3O2/c1-14-21-17-10-5-8-15(7-3-2-4-12-23)18(17)19(24)22(14)16-9-6-11-20-13-16/h5,8,10,16,20,23H,2,4,6,9,11-13H2,1H3. The lowest BCUT2D eigenvalue weighted by Crippen LogP contribution is -2.38. The van der Waals surface area contributed by atoms with Gasteiger partial charge in [-0.2, -0.15) is 0 Å². The van der Waals surface area contributed by atoms with Crippen LogP contribution in [0, 0.1) is 18.8 Å². The lowest BCUT2D eigenvalue weighted by atomic mass is 10.1. The largest absolute Gasteiger partial charge is 0.396 e. The third kappa shape index (κ3) is 3.35. The van der Waals surface area contributed by atoms with Gasteiger partial charge in [-0.15, -0.1) is 0 Å². The van der Waals surface area contributed by atoms with Crippen LogP contribution in [0.1, 0.15) is 43.1 Å². The van der Waals surface area contributed by atoms with Gasteiger partial charge in [0.15, 0.2) is 0 Å². The molecule has 2 heterocycles. The van der Waals surface area contributed by atoms with Gasteiger partial charge in [-0.05, 0) is 44.9 Å². The first-order valence-electron chi connectivity index (χ1n) is 8.54. The van der Waals surface area contributed by atoms with Gasteiger partial charge >= 0.3 is 0 Å². The van der Waals surface area contributed by atoms with E-state index in [1.807, 2.05) is 29.7 Å². The zero-order valence-electron chi connectivity index (χ0n) is 14.0. The Morgan fingerprint density at radius 1 is 1.46 bits per heavy atom. The van der Waals surface area contributed by atoms with Crippen LogP contribution in [0.3, 0.4) is 0 Å². The number of aliphatic hydroxyl groups is 1. The molecule has 1 aromatic heterocycles. The molecule has 1 atom stereocenters. The summed E-state index contributed by atoms with van der Waals surface area (Å²) in [6.45, 7) is 3.84. The second-order valence-corrected chi connectivity index (χ2v) is 6.16. The third-order valence-corrected chi connectivity index (χ3v) is 4.42. The van der Waals surface area contributed by atoms with E-state index in [0.717, 1.165) is 37.3 Å². The minimum absolute atomic E-state index is 0.00161. The van der Waals surface area contributed by atoms with Crippen LogP contribution in [0.4, 0.5) is 0 Å². The van der Waals surface area contributed by atoms with Crippen LogP contribution < -0.4 is 10.9 Å². The molecule has 3 rings (SSSR count). The highest BCUT2D eigenvalue weighted by molar-refractivity contribution is 5.84. The minimum atomic E-state index is -0.00161. The van der Waals surface area contributed by atoms with Crippen molar-refractivity contribution in [2.45, 2.75) is 38.6 Å². The van der Waals surface area contributed by atoms with Gasteiger partial charge in [-0.25, -0.2) is 4.98 Å². The molecule has 5 nitrogen and oxygen atoms in total. The number of nitrogens with one attached hydrogen (secondary N) is 1. The molecule has 2 aromatic rings. The maximum atomic E-state index is 13.1. The Labute approximate surface area is 141 Å². The quantitative estimate of drug-likeness (QED) is 0.666. The first kappa shape index (κ1) is 16.7. The molecule has 0 saturated carbocycles.